The Hall–Kier alpha value is -3.43. The van der Waals surface area contributed by atoms with E-state index < -0.39 is 42.0 Å². The molecule has 2 rings (SSSR count). The highest BCUT2D eigenvalue weighted by atomic mass is 16.4. The number of phenolic OH excluding ortho intramolecular Hbond substituents is 1. The van der Waals surface area contributed by atoms with Gasteiger partial charge in [0.05, 0.1) is 12.1 Å². The average Bonchev–Trinajstić information content (AvgIpc) is 2.73. The van der Waals surface area contributed by atoms with Crippen molar-refractivity contribution in [1.82, 2.24) is 10.6 Å². The van der Waals surface area contributed by atoms with Gasteiger partial charge in [0.2, 0.25) is 11.8 Å². The number of nitrogens with two attached hydrogens (primary N) is 1. The fraction of sp³-hybridized carbons (Fsp3) is 0.318. The van der Waals surface area contributed by atoms with Crippen LogP contribution in [0.1, 0.15) is 18.1 Å². The third-order valence-corrected chi connectivity index (χ3v) is 4.69. The first-order valence-electron chi connectivity index (χ1n) is 9.76. The number of carbonyl (C=O) groups excluding carboxylic acids is 2. The molecule has 4 atom stereocenters. The number of aromatic hydroxyl groups is 1. The second-order valence-electron chi connectivity index (χ2n) is 7.29. The van der Waals surface area contributed by atoms with Gasteiger partial charge in [0.15, 0.2) is 6.04 Å². The van der Waals surface area contributed by atoms with Gasteiger partial charge in [0, 0.05) is 6.42 Å². The van der Waals surface area contributed by atoms with E-state index in [4.69, 9.17) is 5.73 Å². The van der Waals surface area contributed by atoms with E-state index in [1.165, 1.54) is 19.1 Å². The summed E-state index contributed by atoms with van der Waals surface area (Å²) in [6, 6.07) is 11.5. The van der Waals surface area contributed by atoms with Gasteiger partial charge >= 0.3 is 5.97 Å². The zero-order valence-corrected chi connectivity index (χ0v) is 17.1. The first-order valence-corrected chi connectivity index (χ1v) is 9.76. The largest absolute Gasteiger partial charge is 0.508 e. The van der Waals surface area contributed by atoms with Gasteiger partial charge in [0.25, 0.3) is 0 Å². The van der Waals surface area contributed by atoms with Crippen molar-refractivity contribution in [2.75, 3.05) is 0 Å². The Bertz CT molecular complexity index is 886. The second-order valence-corrected chi connectivity index (χ2v) is 7.29. The fourth-order valence-corrected chi connectivity index (χ4v) is 2.96. The number of phenols is 1. The number of aliphatic hydroxyl groups excluding tert-OH is 1. The number of carboxylic acids is 1. The number of rotatable bonds is 10. The van der Waals surface area contributed by atoms with Crippen LogP contribution in [0.5, 0.6) is 5.75 Å². The minimum absolute atomic E-state index is 0.0902. The first-order chi connectivity index (χ1) is 14.7. The molecule has 0 fully saturated rings. The van der Waals surface area contributed by atoms with Gasteiger partial charge in [-0.15, -0.1) is 0 Å². The Balaban J connectivity index is 2.13. The van der Waals surface area contributed by atoms with E-state index in [0.29, 0.717) is 0 Å². The lowest BCUT2D eigenvalue weighted by Gasteiger charge is -2.24. The molecule has 0 radical (unpaired) electrons. The van der Waals surface area contributed by atoms with E-state index in [0.717, 1.165) is 11.1 Å². The molecule has 0 aliphatic carbocycles. The van der Waals surface area contributed by atoms with E-state index in [-0.39, 0.29) is 18.6 Å². The number of amides is 2. The predicted octanol–water partition coefficient (Wildman–Crippen LogP) is -0.0603. The minimum atomic E-state index is -1.52. The number of nitrogens with one attached hydrogen (secondary N) is 2. The van der Waals surface area contributed by atoms with Crippen molar-refractivity contribution in [3.8, 4) is 5.75 Å². The van der Waals surface area contributed by atoms with E-state index >= 15 is 0 Å². The summed E-state index contributed by atoms with van der Waals surface area (Å²) >= 11 is 0. The van der Waals surface area contributed by atoms with E-state index in [1.807, 2.05) is 0 Å². The Morgan fingerprint density at radius 2 is 1.48 bits per heavy atom. The van der Waals surface area contributed by atoms with Crippen molar-refractivity contribution >= 4 is 17.8 Å². The molecule has 166 valence electrons. The monoisotopic (exact) mass is 429 g/mol. The number of carboxylic acid groups (broad SMARTS) is 1. The predicted molar refractivity (Wildman–Crippen MR) is 113 cm³/mol. The number of aliphatic carboxylic acids is 1. The van der Waals surface area contributed by atoms with Crippen LogP contribution in [0.25, 0.3) is 0 Å². The molecular formula is C22H27N3O6. The van der Waals surface area contributed by atoms with Crippen molar-refractivity contribution in [3.63, 3.8) is 0 Å². The standard InChI is InChI=1S/C22H27N3O6/c1-13(26)19(22(30)31)25-21(29)18(12-14-5-3-2-4-6-14)24-20(28)17(23)11-15-7-9-16(27)10-8-15/h2-10,13,17-19,26-27H,11-12,23H2,1H3,(H,24,28)(H,25,29)(H,30,31). The van der Waals surface area contributed by atoms with Gasteiger partial charge in [-0.25, -0.2) is 4.79 Å². The van der Waals surface area contributed by atoms with Crippen LogP contribution >= 0.6 is 0 Å². The molecule has 31 heavy (non-hydrogen) atoms. The van der Waals surface area contributed by atoms with E-state index in [9.17, 15) is 29.7 Å². The topological polar surface area (TPSA) is 162 Å². The van der Waals surface area contributed by atoms with Gasteiger partial charge in [0.1, 0.15) is 11.8 Å². The summed E-state index contributed by atoms with van der Waals surface area (Å²) in [5, 5.41) is 33.1. The maximum Gasteiger partial charge on any atom is 0.328 e. The fourth-order valence-electron chi connectivity index (χ4n) is 2.96. The highest BCUT2D eigenvalue weighted by Gasteiger charge is 2.30. The van der Waals surface area contributed by atoms with Crippen LogP contribution in [-0.4, -0.2) is 57.3 Å². The molecule has 0 saturated heterocycles. The Morgan fingerprint density at radius 1 is 0.903 bits per heavy atom. The van der Waals surface area contributed by atoms with E-state index in [1.54, 1.807) is 42.5 Å². The molecular weight excluding hydrogens is 402 g/mol. The average molecular weight is 429 g/mol. The number of hydrogen-bond donors (Lipinski definition) is 6. The highest BCUT2D eigenvalue weighted by molar-refractivity contribution is 5.92. The lowest BCUT2D eigenvalue weighted by atomic mass is 10.0. The van der Waals surface area contributed by atoms with Gasteiger partial charge in [-0.2, -0.15) is 0 Å². The Kier molecular flexibility index (Phi) is 8.53. The molecule has 0 aliphatic rings. The molecule has 0 bridgehead atoms. The van der Waals surface area contributed by atoms with Crippen LogP contribution in [0.3, 0.4) is 0 Å². The van der Waals surface area contributed by atoms with Crippen LogP contribution in [0.15, 0.2) is 54.6 Å². The second kappa shape index (κ2) is 11.1. The van der Waals surface area contributed by atoms with Crippen LogP contribution in [0.4, 0.5) is 0 Å². The van der Waals surface area contributed by atoms with Gasteiger partial charge in [-0.3, -0.25) is 9.59 Å². The number of aliphatic hydroxyl groups is 1. The summed E-state index contributed by atoms with van der Waals surface area (Å²) < 4.78 is 0. The molecule has 0 aromatic heterocycles. The molecule has 0 saturated carbocycles. The third kappa shape index (κ3) is 7.40. The zero-order valence-electron chi connectivity index (χ0n) is 17.1. The van der Waals surface area contributed by atoms with Crippen LogP contribution in [-0.2, 0) is 27.2 Å². The van der Waals surface area contributed by atoms with Gasteiger partial charge in [-0.05, 0) is 36.6 Å². The Labute approximate surface area is 179 Å². The molecule has 9 heteroatoms. The molecule has 2 aromatic carbocycles. The maximum atomic E-state index is 12.8. The molecule has 9 nitrogen and oxygen atoms in total. The quantitative estimate of drug-likeness (QED) is 0.308. The molecule has 7 N–H and O–H groups in total. The van der Waals surface area contributed by atoms with Gasteiger partial charge < -0.3 is 31.7 Å². The van der Waals surface area contributed by atoms with Crippen LogP contribution < -0.4 is 16.4 Å². The minimum Gasteiger partial charge on any atom is -0.508 e. The van der Waals surface area contributed by atoms with Gasteiger partial charge in [-0.1, -0.05) is 42.5 Å². The smallest absolute Gasteiger partial charge is 0.328 e. The maximum absolute atomic E-state index is 12.8. The van der Waals surface area contributed by atoms with Crippen LogP contribution in [0, 0.1) is 0 Å². The van der Waals surface area contributed by atoms with E-state index in [2.05, 4.69) is 10.6 Å². The molecule has 4 unspecified atom stereocenters. The summed E-state index contributed by atoms with van der Waals surface area (Å²) in [7, 11) is 0. The van der Waals surface area contributed by atoms with Crippen molar-refractivity contribution in [2.24, 2.45) is 5.73 Å². The van der Waals surface area contributed by atoms with Crippen molar-refractivity contribution in [3.05, 3.63) is 65.7 Å². The molecule has 0 aliphatic heterocycles. The zero-order chi connectivity index (χ0) is 23.0. The summed E-state index contributed by atoms with van der Waals surface area (Å²) in [4.78, 5) is 36.7. The summed E-state index contributed by atoms with van der Waals surface area (Å²) in [5.41, 5.74) is 7.46. The lowest BCUT2D eigenvalue weighted by molar-refractivity contribution is -0.145. The Morgan fingerprint density at radius 3 is 2.03 bits per heavy atom. The molecule has 0 heterocycles. The van der Waals surface area contributed by atoms with Crippen LogP contribution in [0.2, 0.25) is 0 Å². The molecule has 0 spiro atoms. The first kappa shape index (κ1) is 23.8. The SMILES string of the molecule is CC(O)C(NC(=O)C(Cc1ccccc1)NC(=O)C(N)Cc1ccc(O)cc1)C(=O)O. The molecule has 2 amide bonds. The lowest BCUT2D eigenvalue weighted by Crippen LogP contribution is -2.57. The third-order valence-electron chi connectivity index (χ3n) is 4.69. The van der Waals surface area contributed by atoms with Crippen molar-refractivity contribution < 1.29 is 29.7 Å². The summed E-state index contributed by atoms with van der Waals surface area (Å²) in [6.07, 6.45) is -1.04. The number of carbonyl (C=O) groups is 3. The molecule has 2 aromatic rings. The number of benzene rings is 2. The highest BCUT2D eigenvalue weighted by Crippen LogP contribution is 2.11. The summed E-state index contributed by atoms with van der Waals surface area (Å²) in [6.45, 7) is 1.25. The normalized spacial score (nSPS) is 14.7. The summed E-state index contributed by atoms with van der Waals surface area (Å²) in [5.74, 6) is -2.64. The van der Waals surface area contributed by atoms with Crippen molar-refractivity contribution in [2.45, 2.75) is 44.0 Å². The van der Waals surface area contributed by atoms with Crippen molar-refractivity contribution in [1.29, 1.82) is 0 Å². The number of hydrogen-bond acceptors (Lipinski definition) is 6.